The summed E-state index contributed by atoms with van der Waals surface area (Å²) in [6, 6.07) is 13.5. The quantitative estimate of drug-likeness (QED) is 0.647. The van der Waals surface area contributed by atoms with Gasteiger partial charge in [-0.3, -0.25) is 0 Å². The van der Waals surface area contributed by atoms with Gasteiger partial charge in [0.1, 0.15) is 11.5 Å². The normalized spacial score (nSPS) is 10.8. The van der Waals surface area contributed by atoms with Gasteiger partial charge in [-0.15, -0.1) is 11.8 Å². The molecule has 2 aromatic carbocycles. The number of carboxylic acids is 1. The largest absolute Gasteiger partial charge is 0.478 e. The molecule has 21 heavy (non-hydrogen) atoms. The molecular weight excluding hydrogens is 284 g/mol. The van der Waals surface area contributed by atoms with Gasteiger partial charge < -0.3 is 9.84 Å². The Morgan fingerprint density at radius 1 is 1.19 bits per heavy atom. The molecule has 0 saturated heterocycles. The van der Waals surface area contributed by atoms with Crippen LogP contribution in [0.2, 0.25) is 0 Å². The number of benzene rings is 2. The molecule has 0 amide bonds. The number of ether oxygens (including phenoxy) is 1. The summed E-state index contributed by atoms with van der Waals surface area (Å²) >= 11 is 1.69. The van der Waals surface area contributed by atoms with Gasteiger partial charge >= 0.3 is 5.97 Å². The Hall–Kier alpha value is -2.20. The highest BCUT2D eigenvalue weighted by Crippen LogP contribution is 2.27. The monoisotopic (exact) mass is 300 g/mol. The number of hydrogen-bond acceptors (Lipinski definition) is 3. The van der Waals surface area contributed by atoms with Gasteiger partial charge in [-0.2, -0.15) is 0 Å². The molecular formula is C17H16O3S. The summed E-state index contributed by atoms with van der Waals surface area (Å²) in [5.41, 5.74) is 1.79. The first-order chi connectivity index (χ1) is 10.1. The minimum atomic E-state index is -0.957. The van der Waals surface area contributed by atoms with E-state index >= 15 is 0 Å². The van der Waals surface area contributed by atoms with E-state index in [0.29, 0.717) is 0 Å². The average Bonchev–Trinajstić information content (AvgIpc) is 2.48. The molecule has 0 fully saturated rings. The van der Waals surface area contributed by atoms with Crippen LogP contribution in [0.4, 0.5) is 0 Å². The van der Waals surface area contributed by atoms with Crippen molar-refractivity contribution in [1.82, 2.24) is 0 Å². The molecule has 0 radical (unpaired) electrons. The Morgan fingerprint density at radius 3 is 2.48 bits per heavy atom. The summed E-state index contributed by atoms with van der Waals surface area (Å²) in [6.07, 6.45) is 4.71. The maximum absolute atomic E-state index is 10.5. The highest BCUT2D eigenvalue weighted by molar-refractivity contribution is 7.98. The lowest BCUT2D eigenvalue weighted by molar-refractivity contribution is -0.131. The standard InChI is InChI=1S/C17H16O3S/c1-12-11-13(4-10-17(18)19)3-9-16(12)20-14-5-7-15(21-2)8-6-14/h3-11H,1-2H3,(H,18,19). The Labute approximate surface area is 128 Å². The van der Waals surface area contributed by atoms with Crippen LogP contribution >= 0.6 is 11.8 Å². The van der Waals surface area contributed by atoms with E-state index in [1.807, 2.05) is 55.6 Å². The maximum Gasteiger partial charge on any atom is 0.328 e. The van der Waals surface area contributed by atoms with E-state index in [4.69, 9.17) is 9.84 Å². The lowest BCUT2D eigenvalue weighted by atomic mass is 10.1. The van der Waals surface area contributed by atoms with Crippen LogP contribution in [-0.4, -0.2) is 17.3 Å². The number of carbonyl (C=O) groups is 1. The molecule has 0 aliphatic heterocycles. The van der Waals surface area contributed by atoms with Gasteiger partial charge in [0, 0.05) is 11.0 Å². The molecule has 1 N–H and O–H groups in total. The Balaban J connectivity index is 2.14. The van der Waals surface area contributed by atoms with Gasteiger partial charge in [-0.25, -0.2) is 4.79 Å². The Kier molecular flexibility index (Phi) is 5.06. The van der Waals surface area contributed by atoms with Gasteiger partial charge in [0.25, 0.3) is 0 Å². The third-order valence-corrected chi connectivity index (χ3v) is 3.65. The number of rotatable bonds is 5. The first kappa shape index (κ1) is 15.2. The molecule has 4 heteroatoms. The van der Waals surface area contributed by atoms with Gasteiger partial charge in [0.2, 0.25) is 0 Å². The number of hydrogen-bond donors (Lipinski definition) is 1. The van der Waals surface area contributed by atoms with Crippen molar-refractivity contribution in [1.29, 1.82) is 0 Å². The molecule has 0 saturated carbocycles. The van der Waals surface area contributed by atoms with E-state index in [1.165, 1.54) is 4.90 Å². The van der Waals surface area contributed by atoms with Crippen LogP contribution in [0.1, 0.15) is 11.1 Å². The molecule has 108 valence electrons. The zero-order valence-corrected chi connectivity index (χ0v) is 12.7. The third kappa shape index (κ3) is 4.39. The number of aliphatic carboxylic acids is 1. The van der Waals surface area contributed by atoms with Crippen molar-refractivity contribution in [3.05, 3.63) is 59.7 Å². The van der Waals surface area contributed by atoms with Crippen LogP contribution in [0.3, 0.4) is 0 Å². The molecule has 0 aliphatic rings. The van der Waals surface area contributed by atoms with Gasteiger partial charge in [-0.05, 0) is 66.8 Å². The Bertz CT molecular complexity index is 660. The average molecular weight is 300 g/mol. The Morgan fingerprint density at radius 2 is 1.90 bits per heavy atom. The van der Waals surface area contributed by atoms with Crippen LogP contribution in [0.15, 0.2) is 53.4 Å². The van der Waals surface area contributed by atoms with Crippen molar-refractivity contribution in [2.45, 2.75) is 11.8 Å². The maximum atomic E-state index is 10.5. The minimum Gasteiger partial charge on any atom is -0.478 e. The SMILES string of the molecule is CSc1ccc(Oc2ccc(C=CC(=O)O)cc2C)cc1. The predicted molar refractivity (Wildman–Crippen MR) is 86.1 cm³/mol. The van der Waals surface area contributed by atoms with E-state index in [-0.39, 0.29) is 0 Å². The van der Waals surface area contributed by atoms with Crippen molar-refractivity contribution in [3.63, 3.8) is 0 Å². The summed E-state index contributed by atoms with van der Waals surface area (Å²) < 4.78 is 5.84. The molecule has 2 rings (SSSR count). The van der Waals surface area contributed by atoms with E-state index in [0.717, 1.165) is 28.7 Å². The molecule has 0 aliphatic carbocycles. The summed E-state index contributed by atoms with van der Waals surface area (Å²) in [6.45, 7) is 1.93. The van der Waals surface area contributed by atoms with Crippen LogP contribution in [0.25, 0.3) is 6.08 Å². The van der Waals surface area contributed by atoms with Crippen molar-refractivity contribution in [3.8, 4) is 11.5 Å². The lowest BCUT2D eigenvalue weighted by Crippen LogP contribution is -1.89. The van der Waals surface area contributed by atoms with Gasteiger partial charge in [0.05, 0.1) is 0 Å². The highest BCUT2D eigenvalue weighted by atomic mass is 32.2. The van der Waals surface area contributed by atoms with E-state index in [1.54, 1.807) is 17.8 Å². The van der Waals surface area contributed by atoms with Gasteiger partial charge in [0.15, 0.2) is 0 Å². The van der Waals surface area contributed by atoms with Crippen molar-refractivity contribution in [2.24, 2.45) is 0 Å². The van der Waals surface area contributed by atoms with E-state index in [2.05, 4.69) is 0 Å². The highest BCUT2D eigenvalue weighted by Gasteiger charge is 2.02. The number of thioether (sulfide) groups is 1. The molecule has 0 atom stereocenters. The second kappa shape index (κ2) is 6.99. The second-order valence-electron chi connectivity index (χ2n) is 4.47. The van der Waals surface area contributed by atoms with Crippen LogP contribution in [0, 0.1) is 6.92 Å². The topological polar surface area (TPSA) is 46.5 Å². The fourth-order valence-corrected chi connectivity index (χ4v) is 2.24. The van der Waals surface area contributed by atoms with Crippen LogP contribution in [-0.2, 0) is 4.79 Å². The summed E-state index contributed by atoms with van der Waals surface area (Å²) in [5.74, 6) is 0.589. The van der Waals surface area contributed by atoms with E-state index < -0.39 is 5.97 Å². The van der Waals surface area contributed by atoms with Crippen molar-refractivity contribution >= 4 is 23.8 Å². The molecule has 0 heterocycles. The van der Waals surface area contributed by atoms with Crippen molar-refractivity contribution in [2.75, 3.05) is 6.26 Å². The zero-order valence-electron chi connectivity index (χ0n) is 11.9. The molecule has 0 spiro atoms. The lowest BCUT2D eigenvalue weighted by Gasteiger charge is -2.09. The van der Waals surface area contributed by atoms with Crippen LogP contribution < -0.4 is 4.74 Å². The first-order valence-corrected chi connectivity index (χ1v) is 7.64. The summed E-state index contributed by atoms with van der Waals surface area (Å²) in [7, 11) is 0. The predicted octanol–water partition coefficient (Wildman–Crippen LogP) is 4.61. The van der Waals surface area contributed by atoms with Crippen LogP contribution in [0.5, 0.6) is 11.5 Å². The molecule has 0 unspecified atom stereocenters. The summed E-state index contributed by atoms with van der Waals surface area (Å²) in [4.78, 5) is 11.7. The fraction of sp³-hybridized carbons (Fsp3) is 0.118. The van der Waals surface area contributed by atoms with Crippen molar-refractivity contribution < 1.29 is 14.6 Å². The van der Waals surface area contributed by atoms with E-state index in [9.17, 15) is 4.79 Å². The zero-order chi connectivity index (χ0) is 15.2. The summed E-state index contributed by atoms with van der Waals surface area (Å²) in [5, 5.41) is 8.62. The number of aryl methyl sites for hydroxylation is 1. The third-order valence-electron chi connectivity index (χ3n) is 2.90. The van der Waals surface area contributed by atoms with Gasteiger partial charge in [-0.1, -0.05) is 6.07 Å². The smallest absolute Gasteiger partial charge is 0.328 e. The molecule has 2 aromatic rings. The minimum absolute atomic E-state index is 0.763. The second-order valence-corrected chi connectivity index (χ2v) is 5.35. The molecule has 3 nitrogen and oxygen atoms in total. The number of carboxylic acid groups (broad SMARTS) is 1. The first-order valence-electron chi connectivity index (χ1n) is 6.42. The fourth-order valence-electron chi connectivity index (χ4n) is 1.83. The molecule has 0 aromatic heterocycles. The molecule has 0 bridgehead atoms.